The SMILES string of the molecule is O=[N+]([O-])C(Cc1ccccc1)c1nccc2ccccc12. The summed E-state index contributed by atoms with van der Waals surface area (Å²) in [6, 6.07) is 18.2. The Morgan fingerprint density at radius 2 is 1.71 bits per heavy atom. The van der Waals surface area contributed by atoms with Crippen LogP contribution in [-0.2, 0) is 6.42 Å². The Balaban J connectivity index is 2.06. The standard InChI is InChI=1S/C17H14N2O2/c20-19(21)16(12-13-6-2-1-3-7-13)17-15-9-5-4-8-14(15)10-11-18-17/h1-11,16H,12H2. The molecule has 3 aromatic rings. The van der Waals surface area contributed by atoms with Crippen molar-refractivity contribution in [3.63, 3.8) is 0 Å². The maximum atomic E-state index is 11.5. The lowest BCUT2D eigenvalue weighted by Crippen LogP contribution is -2.15. The zero-order valence-electron chi connectivity index (χ0n) is 11.3. The second-order valence-electron chi connectivity index (χ2n) is 4.91. The molecule has 104 valence electrons. The van der Waals surface area contributed by atoms with Crippen LogP contribution in [0.4, 0.5) is 0 Å². The molecule has 0 saturated carbocycles. The molecule has 0 fully saturated rings. The molecule has 0 amide bonds. The predicted octanol–water partition coefficient (Wildman–Crippen LogP) is 3.80. The summed E-state index contributed by atoms with van der Waals surface area (Å²) in [5.41, 5.74) is 1.47. The summed E-state index contributed by atoms with van der Waals surface area (Å²) < 4.78 is 0. The molecular weight excluding hydrogens is 264 g/mol. The monoisotopic (exact) mass is 278 g/mol. The Kier molecular flexibility index (Phi) is 3.60. The minimum absolute atomic E-state index is 0.248. The number of benzene rings is 2. The summed E-state index contributed by atoms with van der Waals surface area (Å²) in [6.07, 6.45) is 1.98. The Morgan fingerprint density at radius 1 is 1.00 bits per heavy atom. The molecule has 0 aliphatic carbocycles. The molecule has 1 unspecified atom stereocenters. The van der Waals surface area contributed by atoms with Crippen molar-refractivity contribution in [3.8, 4) is 0 Å². The van der Waals surface area contributed by atoms with E-state index < -0.39 is 6.04 Å². The van der Waals surface area contributed by atoms with Gasteiger partial charge in [-0.2, -0.15) is 0 Å². The molecule has 0 aliphatic rings. The number of rotatable bonds is 4. The third-order valence-electron chi connectivity index (χ3n) is 3.55. The second-order valence-corrected chi connectivity index (χ2v) is 4.91. The zero-order valence-corrected chi connectivity index (χ0v) is 11.3. The summed E-state index contributed by atoms with van der Waals surface area (Å²) in [5, 5.41) is 13.3. The van der Waals surface area contributed by atoms with Crippen LogP contribution in [-0.4, -0.2) is 9.91 Å². The zero-order chi connectivity index (χ0) is 14.7. The maximum Gasteiger partial charge on any atom is 0.259 e. The molecule has 0 spiro atoms. The van der Waals surface area contributed by atoms with Gasteiger partial charge in [0.25, 0.3) is 6.04 Å². The Morgan fingerprint density at radius 3 is 2.48 bits per heavy atom. The van der Waals surface area contributed by atoms with E-state index in [0.717, 1.165) is 16.3 Å². The lowest BCUT2D eigenvalue weighted by atomic mass is 9.99. The highest BCUT2D eigenvalue weighted by atomic mass is 16.6. The van der Waals surface area contributed by atoms with Gasteiger partial charge in [0, 0.05) is 22.9 Å². The third kappa shape index (κ3) is 2.74. The van der Waals surface area contributed by atoms with Crippen LogP contribution in [0, 0.1) is 10.1 Å². The van der Waals surface area contributed by atoms with Crippen molar-refractivity contribution >= 4 is 10.8 Å². The molecule has 1 heterocycles. The van der Waals surface area contributed by atoms with Gasteiger partial charge in [-0.3, -0.25) is 15.1 Å². The molecule has 0 saturated heterocycles. The minimum Gasteiger partial charge on any atom is -0.264 e. The van der Waals surface area contributed by atoms with Crippen LogP contribution in [0.5, 0.6) is 0 Å². The first-order chi connectivity index (χ1) is 10.3. The number of nitrogens with zero attached hydrogens (tertiary/aromatic N) is 2. The van der Waals surface area contributed by atoms with Gasteiger partial charge in [0.15, 0.2) is 0 Å². The Bertz CT molecular complexity index is 767. The van der Waals surface area contributed by atoms with Crippen LogP contribution in [0.1, 0.15) is 17.3 Å². The van der Waals surface area contributed by atoms with Crippen molar-refractivity contribution in [2.75, 3.05) is 0 Å². The summed E-state index contributed by atoms with van der Waals surface area (Å²) in [5.74, 6) is 0. The molecule has 0 radical (unpaired) electrons. The highest BCUT2D eigenvalue weighted by Gasteiger charge is 2.26. The predicted molar refractivity (Wildman–Crippen MR) is 81.6 cm³/mol. The fraction of sp³-hybridized carbons (Fsp3) is 0.118. The molecule has 21 heavy (non-hydrogen) atoms. The van der Waals surface area contributed by atoms with Crippen LogP contribution >= 0.6 is 0 Å². The third-order valence-corrected chi connectivity index (χ3v) is 3.55. The average Bonchev–Trinajstić information content (AvgIpc) is 2.53. The topological polar surface area (TPSA) is 56.0 Å². The van der Waals surface area contributed by atoms with Crippen LogP contribution in [0.3, 0.4) is 0 Å². The molecule has 0 aliphatic heterocycles. The molecule has 1 aromatic heterocycles. The quantitative estimate of drug-likeness (QED) is 0.539. The number of hydrogen-bond acceptors (Lipinski definition) is 3. The van der Waals surface area contributed by atoms with Gasteiger partial charge < -0.3 is 0 Å². The fourth-order valence-corrected chi connectivity index (χ4v) is 2.52. The second kappa shape index (κ2) is 5.71. The van der Waals surface area contributed by atoms with Crippen molar-refractivity contribution in [1.82, 2.24) is 4.98 Å². The largest absolute Gasteiger partial charge is 0.264 e. The van der Waals surface area contributed by atoms with E-state index in [1.165, 1.54) is 0 Å². The number of pyridine rings is 1. The van der Waals surface area contributed by atoms with Crippen LogP contribution in [0.15, 0.2) is 66.9 Å². The molecule has 1 atom stereocenters. The molecule has 0 N–H and O–H groups in total. The number of hydrogen-bond donors (Lipinski definition) is 0. The van der Waals surface area contributed by atoms with Crippen molar-refractivity contribution in [3.05, 3.63) is 88.2 Å². The summed E-state index contributed by atoms with van der Waals surface area (Å²) in [6.45, 7) is 0. The van der Waals surface area contributed by atoms with Gasteiger partial charge in [-0.25, -0.2) is 0 Å². The van der Waals surface area contributed by atoms with Gasteiger partial charge in [0.1, 0.15) is 5.69 Å². The number of fused-ring (bicyclic) bond motifs is 1. The van der Waals surface area contributed by atoms with Gasteiger partial charge in [0.05, 0.1) is 0 Å². The molecule has 3 rings (SSSR count). The summed E-state index contributed by atoms with van der Waals surface area (Å²) in [7, 11) is 0. The maximum absolute atomic E-state index is 11.5. The molecule has 4 nitrogen and oxygen atoms in total. The first-order valence-electron chi connectivity index (χ1n) is 6.77. The Labute approximate surface area is 122 Å². The van der Waals surface area contributed by atoms with Crippen LogP contribution in [0.2, 0.25) is 0 Å². The van der Waals surface area contributed by atoms with E-state index in [1.54, 1.807) is 6.20 Å². The molecule has 4 heteroatoms. The summed E-state index contributed by atoms with van der Waals surface area (Å²) >= 11 is 0. The number of aromatic nitrogens is 1. The van der Waals surface area contributed by atoms with Crippen molar-refractivity contribution in [1.29, 1.82) is 0 Å². The average molecular weight is 278 g/mol. The van der Waals surface area contributed by atoms with Crippen molar-refractivity contribution in [2.24, 2.45) is 0 Å². The lowest BCUT2D eigenvalue weighted by molar-refractivity contribution is -0.529. The summed E-state index contributed by atoms with van der Waals surface area (Å²) in [4.78, 5) is 15.5. The molecule has 0 bridgehead atoms. The highest BCUT2D eigenvalue weighted by molar-refractivity contribution is 5.84. The van der Waals surface area contributed by atoms with Gasteiger partial charge in [-0.05, 0) is 17.0 Å². The van der Waals surface area contributed by atoms with E-state index >= 15 is 0 Å². The highest BCUT2D eigenvalue weighted by Crippen LogP contribution is 2.26. The van der Waals surface area contributed by atoms with Gasteiger partial charge in [0.2, 0.25) is 0 Å². The normalized spacial score (nSPS) is 12.2. The van der Waals surface area contributed by atoms with Crippen LogP contribution in [0.25, 0.3) is 10.8 Å². The van der Waals surface area contributed by atoms with Gasteiger partial charge >= 0.3 is 0 Å². The fourth-order valence-electron chi connectivity index (χ4n) is 2.52. The minimum atomic E-state index is -0.835. The Hall–Kier alpha value is -2.75. The van der Waals surface area contributed by atoms with E-state index in [2.05, 4.69) is 4.98 Å². The van der Waals surface area contributed by atoms with Crippen molar-refractivity contribution in [2.45, 2.75) is 12.5 Å². The van der Waals surface area contributed by atoms with E-state index in [4.69, 9.17) is 0 Å². The molecule has 2 aromatic carbocycles. The van der Waals surface area contributed by atoms with E-state index in [1.807, 2.05) is 60.7 Å². The lowest BCUT2D eigenvalue weighted by Gasteiger charge is -2.11. The van der Waals surface area contributed by atoms with E-state index in [9.17, 15) is 10.1 Å². The number of nitro groups is 1. The van der Waals surface area contributed by atoms with Crippen LogP contribution < -0.4 is 0 Å². The first-order valence-corrected chi connectivity index (χ1v) is 6.77. The smallest absolute Gasteiger partial charge is 0.259 e. The van der Waals surface area contributed by atoms with Gasteiger partial charge in [-0.15, -0.1) is 0 Å². The molecular formula is C17H14N2O2. The van der Waals surface area contributed by atoms with Gasteiger partial charge in [-0.1, -0.05) is 54.6 Å². The van der Waals surface area contributed by atoms with Crippen molar-refractivity contribution < 1.29 is 4.92 Å². The van der Waals surface area contributed by atoms with E-state index in [0.29, 0.717) is 12.1 Å². The first kappa shape index (κ1) is 13.2. The van der Waals surface area contributed by atoms with E-state index in [-0.39, 0.29) is 4.92 Å².